The predicted molar refractivity (Wildman–Crippen MR) is 163 cm³/mol. The van der Waals surface area contributed by atoms with Gasteiger partial charge in [0, 0.05) is 5.56 Å². The molecule has 0 saturated heterocycles. The Kier molecular flexibility index (Phi) is 8.85. The van der Waals surface area contributed by atoms with Crippen LogP contribution in [0, 0.1) is 0 Å². The number of benzene rings is 3. The molecule has 0 fully saturated rings. The van der Waals surface area contributed by atoms with Crippen LogP contribution in [-0.4, -0.2) is 23.8 Å². The fraction of sp³-hybridized carbons (Fsp3) is 0.219. The molecule has 5 rings (SSSR count). The quantitative estimate of drug-likeness (QED) is 0.226. The molecule has 2 heterocycles. The van der Waals surface area contributed by atoms with E-state index in [4.69, 9.17) is 14.2 Å². The van der Waals surface area contributed by atoms with Gasteiger partial charge in [0.25, 0.3) is 5.56 Å². The summed E-state index contributed by atoms with van der Waals surface area (Å²) >= 11 is 4.88. The van der Waals surface area contributed by atoms with E-state index < -0.39 is 12.0 Å². The molecule has 1 atom stereocenters. The molecule has 0 radical (unpaired) electrons. The van der Waals surface area contributed by atoms with Gasteiger partial charge in [-0.2, -0.15) is 0 Å². The minimum atomic E-state index is -0.740. The van der Waals surface area contributed by atoms with Crippen molar-refractivity contribution in [3.63, 3.8) is 0 Å². The van der Waals surface area contributed by atoms with Crippen molar-refractivity contribution < 1.29 is 19.0 Å². The normalized spacial score (nSPS) is 14.8. The zero-order chi connectivity index (χ0) is 28.9. The highest BCUT2D eigenvalue weighted by atomic mass is 79.9. The predicted octanol–water partition coefficient (Wildman–Crippen LogP) is 5.54. The maximum Gasteiger partial charge on any atom is 0.338 e. The average molecular weight is 634 g/mol. The van der Waals surface area contributed by atoms with Crippen molar-refractivity contribution in [2.75, 3.05) is 13.2 Å². The van der Waals surface area contributed by atoms with Crippen LogP contribution in [0.25, 0.3) is 6.08 Å². The van der Waals surface area contributed by atoms with E-state index in [1.165, 1.54) is 11.3 Å². The Hall–Kier alpha value is -3.95. The van der Waals surface area contributed by atoms with Gasteiger partial charge < -0.3 is 14.2 Å². The van der Waals surface area contributed by atoms with Crippen LogP contribution in [-0.2, 0) is 16.1 Å². The Bertz CT molecular complexity index is 1790. The number of thiazole rings is 1. The van der Waals surface area contributed by atoms with Gasteiger partial charge in [-0.05, 0) is 72.1 Å². The number of carbonyl (C=O) groups is 1. The number of para-hydroxylation sites is 1. The molecular weight excluding hydrogens is 604 g/mol. The SMILES string of the molecule is CCOC(=O)C1=C(C)N=c2s/c(=C\c3ccc(OCc4ccccc4)c(Br)c3)c(=O)n2[C@H]1c1ccccc1OCC. The molecule has 1 aliphatic heterocycles. The Balaban J connectivity index is 1.57. The van der Waals surface area contributed by atoms with E-state index in [-0.39, 0.29) is 12.2 Å². The van der Waals surface area contributed by atoms with Gasteiger partial charge in [-0.3, -0.25) is 9.36 Å². The standard InChI is InChI=1S/C32H29BrN2O5S/c1-4-38-25-14-10-9-13-23(25)29-28(31(37)39-5-2)20(3)34-32-35(29)30(36)27(41-32)18-22-15-16-26(24(33)17-22)40-19-21-11-7-6-8-12-21/h6-18,29H,4-5,19H2,1-3H3/b27-18-/t29-/m0/s1. The summed E-state index contributed by atoms with van der Waals surface area (Å²) in [6, 6.07) is 22.3. The van der Waals surface area contributed by atoms with Gasteiger partial charge in [0.2, 0.25) is 0 Å². The van der Waals surface area contributed by atoms with E-state index in [9.17, 15) is 9.59 Å². The molecule has 9 heteroatoms. The molecule has 1 aromatic heterocycles. The molecule has 41 heavy (non-hydrogen) atoms. The second-order valence-corrected chi connectivity index (χ2v) is 11.1. The average Bonchev–Trinajstić information content (AvgIpc) is 3.27. The molecule has 210 valence electrons. The van der Waals surface area contributed by atoms with E-state index in [1.54, 1.807) is 18.4 Å². The molecular formula is C32H29BrN2O5S. The number of hydrogen-bond acceptors (Lipinski definition) is 7. The first-order chi connectivity index (χ1) is 19.9. The highest BCUT2D eigenvalue weighted by molar-refractivity contribution is 9.10. The van der Waals surface area contributed by atoms with Crippen molar-refractivity contribution >= 4 is 39.3 Å². The molecule has 3 aromatic carbocycles. The second kappa shape index (κ2) is 12.7. The molecule has 0 saturated carbocycles. The van der Waals surface area contributed by atoms with Crippen LogP contribution >= 0.6 is 27.3 Å². The molecule has 1 aliphatic rings. The van der Waals surface area contributed by atoms with Crippen LogP contribution in [0.5, 0.6) is 11.5 Å². The molecule has 4 aromatic rings. The number of allylic oxidation sites excluding steroid dienone is 1. The summed E-state index contributed by atoms with van der Waals surface area (Å²) in [5.41, 5.74) is 3.17. The minimum absolute atomic E-state index is 0.208. The zero-order valence-electron chi connectivity index (χ0n) is 22.9. The molecule has 7 nitrogen and oxygen atoms in total. The van der Waals surface area contributed by atoms with Crippen LogP contribution in [0.4, 0.5) is 0 Å². The number of hydrogen-bond donors (Lipinski definition) is 0. The van der Waals surface area contributed by atoms with Crippen LogP contribution in [0.3, 0.4) is 0 Å². The zero-order valence-corrected chi connectivity index (χ0v) is 25.3. The van der Waals surface area contributed by atoms with Gasteiger partial charge in [0.1, 0.15) is 24.1 Å². The molecule has 0 aliphatic carbocycles. The highest BCUT2D eigenvalue weighted by Gasteiger charge is 2.35. The largest absolute Gasteiger partial charge is 0.494 e. The number of rotatable bonds is 9. The lowest BCUT2D eigenvalue weighted by Gasteiger charge is -2.26. The number of halogens is 1. The van der Waals surface area contributed by atoms with Gasteiger partial charge in [0.15, 0.2) is 4.80 Å². The topological polar surface area (TPSA) is 79.1 Å². The van der Waals surface area contributed by atoms with Crippen molar-refractivity contribution in [2.45, 2.75) is 33.4 Å². The number of fused-ring (bicyclic) bond motifs is 1. The van der Waals surface area contributed by atoms with Crippen molar-refractivity contribution in [3.05, 3.63) is 125 Å². The third kappa shape index (κ3) is 6.06. The fourth-order valence-electron chi connectivity index (χ4n) is 4.69. The van der Waals surface area contributed by atoms with Gasteiger partial charge in [-0.1, -0.05) is 65.9 Å². The van der Waals surface area contributed by atoms with Gasteiger partial charge >= 0.3 is 5.97 Å². The molecule has 0 bridgehead atoms. The minimum Gasteiger partial charge on any atom is -0.494 e. The Morgan fingerprint density at radius 3 is 2.49 bits per heavy atom. The fourth-order valence-corrected chi connectivity index (χ4v) is 6.25. The lowest BCUT2D eigenvalue weighted by atomic mass is 9.95. The summed E-state index contributed by atoms with van der Waals surface area (Å²) in [6.45, 7) is 6.51. The van der Waals surface area contributed by atoms with Crippen molar-refractivity contribution in [2.24, 2.45) is 4.99 Å². The Morgan fingerprint density at radius 1 is 1.00 bits per heavy atom. The summed E-state index contributed by atoms with van der Waals surface area (Å²) in [4.78, 5) is 32.3. The number of aromatic nitrogens is 1. The molecule has 0 N–H and O–H groups in total. The molecule has 0 unspecified atom stereocenters. The van der Waals surface area contributed by atoms with E-state index >= 15 is 0 Å². The number of carbonyl (C=O) groups excluding carboxylic acids is 1. The van der Waals surface area contributed by atoms with Gasteiger partial charge in [-0.25, -0.2) is 9.79 Å². The smallest absolute Gasteiger partial charge is 0.338 e. The summed E-state index contributed by atoms with van der Waals surface area (Å²) < 4.78 is 20.1. The van der Waals surface area contributed by atoms with E-state index in [0.29, 0.717) is 50.9 Å². The number of esters is 1. The molecule has 0 spiro atoms. The highest BCUT2D eigenvalue weighted by Crippen LogP contribution is 2.36. The molecule has 0 amide bonds. The van der Waals surface area contributed by atoms with Crippen LogP contribution in [0.15, 0.2) is 98.3 Å². The first-order valence-corrected chi connectivity index (χ1v) is 14.9. The van der Waals surface area contributed by atoms with Crippen molar-refractivity contribution in [1.29, 1.82) is 0 Å². The van der Waals surface area contributed by atoms with Gasteiger partial charge in [0.05, 0.1) is 33.5 Å². The Morgan fingerprint density at radius 2 is 1.76 bits per heavy atom. The summed E-state index contributed by atoms with van der Waals surface area (Å²) in [5, 5.41) is 0. The lowest BCUT2D eigenvalue weighted by molar-refractivity contribution is -0.139. The van der Waals surface area contributed by atoms with E-state index in [1.807, 2.05) is 85.8 Å². The first kappa shape index (κ1) is 28.6. The second-order valence-electron chi connectivity index (χ2n) is 9.24. The maximum atomic E-state index is 13.9. The summed E-state index contributed by atoms with van der Waals surface area (Å²) in [5.74, 6) is 0.796. The van der Waals surface area contributed by atoms with Crippen LogP contribution < -0.4 is 24.4 Å². The van der Waals surface area contributed by atoms with E-state index in [0.717, 1.165) is 15.6 Å². The monoisotopic (exact) mass is 632 g/mol. The van der Waals surface area contributed by atoms with Crippen molar-refractivity contribution in [3.8, 4) is 11.5 Å². The van der Waals surface area contributed by atoms with E-state index in [2.05, 4.69) is 20.9 Å². The Labute approximate surface area is 250 Å². The summed E-state index contributed by atoms with van der Waals surface area (Å²) in [6.07, 6.45) is 1.82. The first-order valence-electron chi connectivity index (χ1n) is 13.3. The third-order valence-electron chi connectivity index (χ3n) is 6.52. The van der Waals surface area contributed by atoms with Gasteiger partial charge in [-0.15, -0.1) is 0 Å². The van der Waals surface area contributed by atoms with Crippen molar-refractivity contribution in [1.82, 2.24) is 4.57 Å². The van der Waals surface area contributed by atoms with Crippen LogP contribution in [0.2, 0.25) is 0 Å². The number of nitrogens with zero attached hydrogens (tertiary/aromatic N) is 2. The lowest BCUT2D eigenvalue weighted by Crippen LogP contribution is -2.40. The third-order valence-corrected chi connectivity index (χ3v) is 8.12. The number of ether oxygens (including phenoxy) is 3. The summed E-state index contributed by atoms with van der Waals surface area (Å²) in [7, 11) is 0. The maximum absolute atomic E-state index is 13.9. The van der Waals surface area contributed by atoms with Crippen LogP contribution in [0.1, 0.15) is 43.5 Å².